The number of hydrogen-bond donors (Lipinski definition) is 2. The predicted octanol–water partition coefficient (Wildman–Crippen LogP) is 1.50. The zero-order chi connectivity index (χ0) is 13.7. The number of hydrogen-bond acceptors (Lipinski definition) is 3. The monoisotopic (exact) mass is 272 g/mol. The topological polar surface area (TPSA) is 77.3 Å². The largest absolute Gasteiger partial charge is 0.366 e. The Labute approximate surface area is 116 Å². The van der Waals surface area contributed by atoms with E-state index in [1.54, 1.807) is 6.07 Å². The van der Waals surface area contributed by atoms with E-state index in [0.717, 1.165) is 30.2 Å². The van der Waals surface area contributed by atoms with Gasteiger partial charge in [0.25, 0.3) is 0 Å². The van der Waals surface area contributed by atoms with Crippen LogP contribution in [0.3, 0.4) is 0 Å². The molecule has 20 heavy (non-hydrogen) atoms. The molecule has 0 atom stereocenters. The summed E-state index contributed by atoms with van der Waals surface area (Å²) in [6.45, 7) is 1.31. The molecule has 4 rings (SSSR count). The van der Waals surface area contributed by atoms with Crippen LogP contribution in [0.5, 0.6) is 0 Å². The van der Waals surface area contributed by atoms with Gasteiger partial charge in [0, 0.05) is 35.0 Å². The van der Waals surface area contributed by atoms with Crippen LogP contribution in [0.2, 0.25) is 0 Å². The summed E-state index contributed by atoms with van der Waals surface area (Å²) >= 11 is 0. The van der Waals surface area contributed by atoms with Gasteiger partial charge in [0.1, 0.15) is 0 Å². The molecule has 2 heterocycles. The Morgan fingerprint density at radius 3 is 2.85 bits per heavy atom. The first kappa shape index (κ1) is 11.9. The Hall–Kier alpha value is -1.85. The van der Waals surface area contributed by atoms with Crippen LogP contribution in [0.15, 0.2) is 18.2 Å². The SMILES string of the molecule is NC(=O)c1ccc2[nH]c3c(c2c1)CC1(CC3)OCCO1. The number of amides is 1. The van der Waals surface area contributed by atoms with E-state index >= 15 is 0 Å². The fourth-order valence-electron chi connectivity index (χ4n) is 3.29. The van der Waals surface area contributed by atoms with Gasteiger partial charge in [-0.2, -0.15) is 0 Å². The van der Waals surface area contributed by atoms with Crippen LogP contribution in [0.4, 0.5) is 0 Å². The summed E-state index contributed by atoms with van der Waals surface area (Å²) in [5, 5.41) is 1.05. The van der Waals surface area contributed by atoms with E-state index in [9.17, 15) is 4.79 Å². The van der Waals surface area contributed by atoms with Gasteiger partial charge in [-0.3, -0.25) is 4.79 Å². The van der Waals surface area contributed by atoms with Crippen molar-refractivity contribution in [2.45, 2.75) is 25.0 Å². The first-order valence-electron chi connectivity index (χ1n) is 6.88. The summed E-state index contributed by atoms with van der Waals surface area (Å²) in [5.74, 6) is -0.870. The Balaban J connectivity index is 1.84. The van der Waals surface area contributed by atoms with Crippen molar-refractivity contribution < 1.29 is 14.3 Å². The number of carbonyl (C=O) groups is 1. The molecular weight excluding hydrogens is 256 g/mol. The number of aryl methyl sites for hydroxylation is 1. The molecule has 1 saturated heterocycles. The van der Waals surface area contributed by atoms with Crippen molar-refractivity contribution in [1.29, 1.82) is 0 Å². The summed E-state index contributed by atoms with van der Waals surface area (Å²) in [4.78, 5) is 14.8. The third kappa shape index (κ3) is 1.67. The average molecular weight is 272 g/mol. The molecule has 0 unspecified atom stereocenters. The molecule has 3 N–H and O–H groups in total. The van der Waals surface area contributed by atoms with Crippen molar-refractivity contribution in [3.8, 4) is 0 Å². The number of rotatable bonds is 1. The minimum absolute atomic E-state index is 0.402. The number of carbonyl (C=O) groups excluding carboxylic acids is 1. The highest BCUT2D eigenvalue weighted by atomic mass is 16.7. The lowest BCUT2D eigenvalue weighted by Crippen LogP contribution is -2.36. The number of ether oxygens (including phenoxy) is 2. The van der Waals surface area contributed by atoms with Crippen LogP contribution in [0.25, 0.3) is 10.9 Å². The van der Waals surface area contributed by atoms with E-state index in [2.05, 4.69) is 4.98 Å². The molecule has 1 spiro atoms. The van der Waals surface area contributed by atoms with Crippen molar-refractivity contribution in [1.82, 2.24) is 4.98 Å². The average Bonchev–Trinajstić information content (AvgIpc) is 3.03. The van der Waals surface area contributed by atoms with E-state index in [1.807, 2.05) is 12.1 Å². The highest BCUT2D eigenvalue weighted by Gasteiger charge is 2.41. The molecule has 5 nitrogen and oxygen atoms in total. The molecule has 0 radical (unpaired) electrons. The Bertz CT molecular complexity index is 698. The van der Waals surface area contributed by atoms with Gasteiger partial charge in [-0.05, 0) is 30.2 Å². The van der Waals surface area contributed by atoms with Gasteiger partial charge in [0.05, 0.1) is 13.2 Å². The number of nitrogens with one attached hydrogen (secondary N) is 1. The Kier molecular flexibility index (Phi) is 2.43. The van der Waals surface area contributed by atoms with Crippen molar-refractivity contribution in [3.05, 3.63) is 35.0 Å². The summed E-state index contributed by atoms with van der Waals surface area (Å²) < 4.78 is 11.6. The number of fused-ring (bicyclic) bond motifs is 3. The molecule has 104 valence electrons. The quantitative estimate of drug-likeness (QED) is 0.825. The maximum absolute atomic E-state index is 11.3. The molecule has 2 aliphatic rings. The van der Waals surface area contributed by atoms with Crippen LogP contribution in [-0.4, -0.2) is 29.9 Å². The second kappa shape index (κ2) is 4.07. The zero-order valence-electron chi connectivity index (χ0n) is 11.1. The van der Waals surface area contributed by atoms with Gasteiger partial charge in [-0.15, -0.1) is 0 Å². The van der Waals surface area contributed by atoms with Crippen molar-refractivity contribution in [2.75, 3.05) is 13.2 Å². The summed E-state index contributed by atoms with van der Waals surface area (Å²) in [5.41, 5.74) is 9.34. The lowest BCUT2D eigenvalue weighted by Gasteiger charge is -2.31. The molecule has 2 aromatic rings. The molecule has 1 aliphatic heterocycles. The summed E-state index contributed by atoms with van der Waals surface area (Å²) in [6.07, 6.45) is 2.50. The third-order valence-electron chi connectivity index (χ3n) is 4.29. The van der Waals surface area contributed by atoms with Crippen molar-refractivity contribution in [3.63, 3.8) is 0 Å². The number of H-pyrrole nitrogens is 1. The van der Waals surface area contributed by atoms with E-state index in [4.69, 9.17) is 15.2 Å². The molecule has 1 aliphatic carbocycles. The highest BCUT2D eigenvalue weighted by Crippen LogP contribution is 2.38. The molecular formula is C15H16N2O3. The molecule has 1 fully saturated rings. The van der Waals surface area contributed by atoms with Crippen LogP contribution in [-0.2, 0) is 22.3 Å². The van der Waals surface area contributed by atoms with Crippen LogP contribution in [0, 0.1) is 0 Å². The second-order valence-corrected chi connectivity index (χ2v) is 5.49. The fraction of sp³-hybridized carbons (Fsp3) is 0.400. The van der Waals surface area contributed by atoms with E-state index in [0.29, 0.717) is 18.8 Å². The van der Waals surface area contributed by atoms with E-state index < -0.39 is 11.7 Å². The molecule has 1 aromatic carbocycles. The first-order valence-corrected chi connectivity index (χ1v) is 6.88. The molecule has 1 aromatic heterocycles. The molecule has 0 saturated carbocycles. The number of primary amides is 1. The molecule has 5 heteroatoms. The van der Waals surface area contributed by atoms with Crippen LogP contribution < -0.4 is 5.73 Å². The number of nitrogens with two attached hydrogens (primary N) is 1. The normalized spacial score (nSPS) is 20.4. The standard InChI is InChI=1S/C15H16N2O3/c16-14(18)9-1-2-12-10(7-9)11-8-15(19-5-6-20-15)4-3-13(11)17-12/h1-2,7,17H,3-6,8H2,(H2,16,18). The Morgan fingerprint density at radius 2 is 2.10 bits per heavy atom. The van der Waals surface area contributed by atoms with Gasteiger partial charge in [-0.25, -0.2) is 0 Å². The lowest BCUT2D eigenvalue weighted by molar-refractivity contribution is -0.163. The smallest absolute Gasteiger partial charge is 0.248 e. The lowest BCUT2D eigenvalue weighted by atomic mass is 9.90. The van der Waals surface area contributed by atoms with Gasteiger partial charge < -0.3 is 20.2 Å². The van der Waals surface area contributed by atoms with Crippen LogP contribution >= 0.6 is 0 Å². The fourth-order valence-corrected chi connectivity index (χ4v) is 3.29. The number of benzene rings is 1. The Morgan fingerprint density at radius 1 is 1.30 bits per heavy atom. The second-order valence-electron chi connectivity index (χ2n) is 5.49. The van der Waals surface area contributed by atoms with Crippen molar-refractivity contribution >= 4 is 16.8 Å². The maximum Gasteiger partial charge on any atom is 0.248 e. The highest BCUT2D eigenvalue weighted by molar-refractivity contribution is 5.98. The summed E-state index contributed by atoms with van der Waals surface area (Å²) in [6, 6.07) is 5.53. The van der Waals surface area contributed by atoms with Gasteiger partial charge in [0.15, 0.2) is 5.79 Å². The van der Waals surface area contributed by atoms with Crippen molar-refractivity contribution in [2.24, 2.45) is 5.73 Å². The third-order valence-corrected chi connectivity index (χ3v) is 4.29. The van der Waals surface area contributed by atoms with Gasteiger partial charge >= 0.3 is 0 Å². The predicted molar refractivity (Wildman–Crippen MR) is 73.5 cm³/mol. The minimum Gasteiger partial charge on any atom is -0.366 e. The molecule has 1 amide bonds. The van der Waals surface area contributed by atoms with Gasteiger partial charge in [-0.1, -0.05) is 0 Å². The van der Waals surface area contributed by atoms with Crippen LogP contribution in [0.1, 0.15) is 28.0 Å². The van der Waals surface area contributed by atoms with E-state index in [1.165, 1.54) is 11.3 Å². The number of aromatic nitrogens is 1. The first-order chi connectivity index (χ1) is 9.67. The van der Waals surface area contributed by atoms with Gasteiger partial charge in [0.2, 0.25) is 5.91 Å². The zero-order valence-corrected chi connectivity index (χ0v) is 11.1. The maximum atomic E-state index is 11.3. The minimum atomic E-state index is -0.467. The number of aromatic amines is 1. The summed E-state index contributed by atoms with van der Waals surface area (Å²) in [7, 11) is 0. The van der Waals surface area contributed by atoms with E-state index in [-0.39, 0.29) is 0 Å². The molecule has 0 bridgehead atoms.